The molecule has 1 aromatic rings. The van der Waals surface area contributed by atoms with Crippen molar-refractivity contribution in [3.05, 3.63) is 23.7 Å². The molecule has 76 valence electrons. The summed E-state index contributed by atoms with van der Waals surface area (Å²) in [5.74, 6) is 0.538. The Hall–Kier alpha value is -0.860. The zero-order chi connectivity index (χ0) is 10.4. The van der Waals surface area contributed by atoms with Gasteiger partial charge >= 0.3 is 0 Å². The Morgan fingerprint density at radius 2 is 1.54 bits per heavy atom. The normalized spacial score (nSPS) is 10.2. The van der Waals surface area contributed by atoms with Gasteiger partial charge in [-0.2, -0.15) is 0 Å². The van der Waals surface area contributed by atoms with Crippen LogP contribution in [0.5, 0.6) is 0 Å². The molecule has 1 nitrogen and oxygen atoms in total. The van der Waals surface area contributed by atoms with Gasteiger partial charge in [0.25, 0.3) is 6.43 Å². The third kappa shape index (κ3) is 3.57. The topological polar surface area (TPSA) is 13.1 Å². The second-order valence-corrected chi connectivity index (χ2v) is 2.70. The fraction of sp³-hybridized carbons (Fsp3) is 0.600. The molecule has 3 heteroatoms. The maximum absolute atomic E-state index is 12.0. The molecule has 0 atom stereocenters. The van der Waals surface area contributed by atoms with Crippen LogP contribution in [0.4, 0.5) is 8.78 Å². The van der Waals surface area contributed by atoms with Crippen molar-refractivity contribution in [1.82, 2.24) is 0 Å². The molecule has 0 saturated carbocycles. The van der Waals surface area contributed by atoms with Crippen molar-refractivity contribution >= 4 is 0 Å². The summed E-state index contributed by atoms with van der Waals surface area (Å²) in [5.41, 5.74) is 0. The lowest BCUT2D eigenvalue weighted by molar-refractivity contribution is 0.119. The van der Waals surface area contributed by atoms with Gasteiger partial charge in [0.2, 0.25) is 0 Å². The summed E-state index contributed by atoms with van der Waals surface area (Å²) >= 11 is 0. The predicted molar refractivity (Wildman–Crippen MR) is 49.1 cm³/mol. The van der Waals surface area contributed by atoms with E-state index in [1.165, 1.54) is 6.07 Å². The molecule has 1 heterocycles. The van der Waals surface area contributed by atoms with E-state index in [1.807, 2.05) is 27.7 Å². The molecule has 13 heavy (non-hydrogen) atoms. The number of hydrogen-bond donors (Lipinski definition) is 0. The first-order valence-corrected chi connectivity index (χ1v) is 4.49. The fourth-order valence-corrected chi connectivity index (χ4v) is 0.796. The molecule has 0 spiro atoms. The fourth-order valence-electron chi connectivity index (χ4n) is 0.796. The number of halogens is 2. The quantitative estimate of drug-likeness (QED) is 0.675. The van der Waals surface area contributed by atoms with Crippen LogP contribution in [0.2, 0.25) is 0 Å². The SMILES string of the molecule is CC.CC(C)c1ccc(C(F)F)o1. The van der Waals surface area contributed by atoms with E-state index in [4.69, 9.17) is 4.42 Å². The van der Waals surface area contributed by atoms with Crippen LogP contribution >= 0.6 is 0 Å². The molecule has 0 aliphatic heterocycles. The van der Waals surface area contributed by atoms with Crippen molar-refractivity contribution in [2.45, 2.75) is 40.0 Å². The van der Waals surface area contributed by atoms with Crippen molar-refractivity contribution < 1.29 is 13.2 Å². The monoisotopic (exact) mass is 190 g/mol. The second-order valence-electron chi connectivity index (χ2n) is 2.70. The molecule has 0 unspecified atom stereocenters. The van der Waals surface area contributed by atoms with Crippen molar-refractivity contribution in [3.8, 4) is 0 Å². The van der Waals surface area contributed by atoms with E-state index in [0.717, 1.165) is 0 Å². The maximum Gasteiger partial charge on any atom is 0.295 e. The van der Waals surface area contributed by atoms with Gasteiger partial charge in [-0.3, -0.25) is 0 Å². The molecule has 0 fully saturated rings. The first-order valence-electron chi connectivity index (χ1n) is 4.49. The first kappa shape index (κ1) is 12.1. The molecule has 1 aromatic heterocycles. The van der Waals surface area contributed by atoms with E-state index in [9.17, 15) is 8.78 Å². The van der Waals surface area contributed by atoms with Crippen molar-refractivity contribution in [1.29, 1.82) is 0 Å². The minimum Gasteiger partial charge on any atom is -0.460 e. The number of alkyl halides is 2. The van der Waals surface area contributed by atoms with Crippen LogP contribution < -0.4 is 0 Å². The summed E-state index contributed by atoms with van der Waals surface area (Å²) in [6.45, 7) is 7.79. The molecule has 0 aliphatic rings. The highest BCUT2D eigenvalue weighted by molar-refractivity contribution is 5.10. The lowest BCUT2D eigenvalue weighted by atomic mass is 10.2. The lowest BCUT2D eigenvalue weighted by Crippen LogP contribution is -1.82. The Morgan fingerprint density at radius 1 is 1.08 bits per heavy atom. The minimum atomic E-state index is -2.50. The summed E-state index contributed by atoms with van der Waals surface area (Å²) < 4.78 is 28.8. The van der Waals surface area contributed by atoms with Crippen LogP contribution in [0.15, 0.2) is 16.5 Å². The van der Waals surface area contributed by atoms with Gasteiger partial charge in [0.1, 0.15) is 5.76 Å². The standard InChI is InChI=1S/C8H10F2O.C2H6/c1-5(2)6-3-4-7(11-6)8(9)10;1-2/h3-5,8H,1-2H3;1-2H3. The van der Waals surface area contributed by atoms with Gasteiger partial charge in [-0.25, -0.2) is 8.78 Å². The average Bonchev–Trinajstić information content (AvgIpc) is 2.56. The molecule has 0 radical (unpaired) electrons. The summed E-state index contributed by atoms with van der Waals surface area (Å²) in [7, 11) is 0. The minimum absolute atomic E-state index is 0.169. The lowest BCUT2D eigenvalue weighted by Gasteiger charge is -1.97. The molecule has 1 rings (SSSR count). The highest BCUT2D eigenvalue weighted by Crippen LogP contribution is 2.24. The predicted octanol–water partition coefficient (Wildman–Crippen LogP) is 4.37. The molecular formula is C10H16F2O. The summed E-state index contributed by atoms with van der Waals surface area (Å²) in [6.07, 6.45) is -2.50. The van der Waals surface area contributed by atoms with Gasteiger partial charge in [-0.15, -0.1) is 0 Å². The van der Waals surface area contributed by atoms with Crippen molar-refractivity contribution in [2.75, 3.05) is 0 Å². The van der Waals surface area contributed by atoms with Crippen LogP contribution in [0, 0.1) is 0 Å². The molecule has 0 bridgehead atoms. The van der Waals surface area contributed by atoms with Gasteiger partial charge < -0.3 is 4.42 Å². The van der Waals surface area contributed by atoms with E-state index < -0.39 is 6.43 Å². The Kier molecular flexibility index (Phi) is 5.35. The number of hydrogen-bond acceptors (Lipinski definition) is 1. The molecule has 0 aliphatic carbocycles. The van der Waals surface area contributed by atoms with Crippen molar-refractivity contribution in [2.24, 2.45) is 0 Å². The summed E-state index contributed by atoms with van der Waals surface area (Å²) in [6, 6.07) is 2.91. The van der Waals surface area contributed by atoms with E-state index in [2.05, 4.69) is 0 Å². The average molecular weight is 190 g/mol. The van der Waals surface area contributed by atoms with Crippen LogP contribution in [-0.4, -0.2) is 0 Å². The molecule has 0 N–H and O–H groups in total. The summed E-state index contributed by atoms with van der Waals surface area (Å²) in [4.78, 5) is 0. The largest absolute Gasteiger partial charge is 0.460 e. The van der Waals surface area contributed by atoms with E-state index in [0.29, 0.717) is 5.76 Å². The zero-order valence-corrected chi connectivity index (χ0v) is 8.47. The van der Waals surface area contributed by atoms with Crippen LogP contribution in [0.25, 0.3) is 0 Å². The molecule has 0 amide bonds. The molecule has 0 saturated heterocycles. The van der Waals surface area contributed by atoms with Crippen molar-refractivity contribution in [3.63, 3.8) is 0 Å². The second kappa shape index (κ2) is 5.73. The maximum atomic E-state index is 12.0. The van der Waals surface area contributed by atoms with Gasteiger partial charge in [0.15, 0.2) is 5.76 Å². The smallest absolute Gasteiger partial charge is 0.295 e. The van der Waals surface area contributed by atoms with Gasteiger partial charge in [-0.1, -0.05) is 27.7 Å². The molecular weight excluding hydrogens is 174 g/mol. The number of rotatable bonds is 2. The third-order valence-corrected chi connectivity index (χ3v) is 1.43. The van der Waals surface area contributed by atoms with E-state index in [-0.39, 0.29) is 11.7 Å². The third-order valence-electron chi connectivity index (χ3n) is 1.43. The Labute approximate surface area is 77.8 Å². The molecule has 0 aromatic carbocycles. The van der Waals surface area contributed by atoms with Gasteiger partial charge in [0.05, 0.1) is 0 Å². The van der Waals surface area contributed by atoms with Gasteiger partial charge in [0, 0.05) is 5.92 Å². The van der Waals surface area contributed by atoms with E-state index in [1.54, 1.807) is 6.07 Å². The highest BCUT2D eigenvalue weighted by atomic mass is 19.3. The van der Waals surface area contributed by atoms with Crippen LogP contribution in [-0.2, 0) is 0 Å². The Balaban J connectivity index is 0.000000671. The first-order chi connectivity index (χ1) is 6.11. The van der Waals surface area contributed by atoms with Crippen LogP contribution in [0.3, 0.4) is 0 Å². The zero-order valence-electron chi connectivity index (χ0n) is 8.47. The number of furan rings is 1. The summed E-state index contributed by atoms with van der Waals surface area (Å²) in [5, 5.41) is 0. The Bertz CT molecular complexity index is 206. The van der Waals surface area contributed by atoms with Crippen LogP contribution in [0.1, 0.15) is 51.6 Å². The highest BCUT2D eigenvalue weighted by Gasteiger charge is 2.13. The Morgan fingerprint density at radius 3 is 1.77 bits per heavy atom. The van der Waals surface area contributed by atoms with E-state index >= 15 is 0 Å². The van der Waals surface area contributed by atoms with Gasteiger partial charge in [-0.05, 0) is 12.1 Å².